The van der Waals surface area contributed by atoms with Crippen molar-refractivity contribution < 1.29 is 98.4 Å². The van der Waals surface area contributed by atoms with E-state index in [2.05, 4.69) is 0 Å². The first-order chi connectivity index (χ1) is 16.6. The van der Waals surface area contributed by atoms with Gasteiger partial charge in [-0.15, -0.1) is 0 Å². The van der Waals surface area contributed by atoms with Gasteiger partial charge < -0.3 is 59.4 Å². The van der Waals surface area contributed by atoms with Crippen LogP contribution in [-0.2, 0) is 67.7 Å². The van der Waals surface area contributed by atoms with Crippen LogP contribution >= 0.6 is 0 Å². The number of hydrogen-bond donors (Lipinski definition) is 0. The van der Waals surface area contributed by atoms with Gasteiger partial charge in [0.1, 0.15) is 0 Å². The molecule has 38 heavy (non-hydrogen) atoms. The number of carboxylic acids is 6. The van der Waals surface area contributed by atoms with Crippen molar-refractivity contribution in [3.05, 3.63) is 0 Å². The Morgan fingerprint density at radius 1 is 0.316 bits per heavy atom. The van der Waals surface area contributed by atoms with Gasteiger partial charge in [-0.1, -0.05) is 80.1 Å². The zero-order chi connectivity index (χ0) is 29.9. The van der Waals surface area contributed by atoms with Crippen molar-refractivity contribution in [1.82, 2.24) is 0 Å². The molecule has 14 heteroatoms. The molecule has 0 radical (unpaired) electrons. The standard InChI is InChI=1S/6C4H8O2.2Rh/c6*1-2-3-4(5)6;;/h6*2-3H2,1H3,(H,5,6);;/q;;;;;;2*+3/p-6. The molecule has 0 aromatic heterocycles. The maximum atomic E-state index is 9.49. The van der Waals surface area contributed by atoms with Crippen LogP contribution in [0.2, 0.25) is 0 Å². The molecule has 0 spiro atoms. The Morgan fingerprint density at radius 2 is 0.395 bits per heavy atom. The molecule has 228 valence electrons. The van der Waals surface area contributed by atoms with E-state index < -0.39 is 35.8 Å². The van der Waals surface area contributed by atoms with Crippen molar-refractivity contribution in [2.45, 2.75) is 119 Å². The second kappa shape index (κ2) is 51.7. The third kappa shape index (κ3) is 144. The van der Waals surface area contributed by atoms with E-state index in [1.807, 2.05) is 0 Å². The van der Waals surface area contributed by atoms with Crippen LogP contribution in [0.1, 0.15) is 119 Å². The van der Waals surface area contributed by atoms with Gasteiger partial charge in [0.05, 0.1) is 0 Å². The van der Waals surface area contributed by atoms with Crippen molar-refractivity contribution >= 4 is 35.8 Å². The average molecular weight is 728 g/mol. The van der Waals surface area contributed by atoms with Crippen LogP contribution < -0.4 is 30.6 Å². The Balaban J connectivity index is -0.0000000469. The molecule has 0 heterocycles. The van der Waals surface area contributed by atoms with Crippen molar-refractivity contribution in [3.63, 3.8) is 0 Å². The minimum Gasteiger partial charge on any atom is -0.550 e. The number of carboxylic acid groups (broad SMARTS) is 6. The summed E-state index contributed by atoms with van der Waals surface area (Å²) in [4.78, 5) is 56.9. The quantitative estimate of drug-likeness (QED) is 0.185. The first-order valence-electron chi connectivity index (χ1n) is 11.8. The van der Waals surface area contributed by atoms with Crippen LogP contribution in [0.15, 0.2) is 0 Å². The van der Waals surface area contributed by atoms with Crippen LogP contribution in [0.4, 0.5) is 0 Å². The van der Waals surface area contributed by atoms with E-state index in [4.69, 9.17) is 0 Å². The Kier molecular flexibility index (Phi) is 76.5. The molecule has 0 aliphatic rings. The number of carbonyl (C=O) groups is 6. The van der Waals surface area contributed by atoms with E-state index >= 15 is 0 Å². The zero-order valence-electron chi connectivity index (χ0n) is 23.1. The smallest absolute Gasteiger partial charge is 0.550 e. The first kappa shape index (κ1) is 56.3. The Bertz CT molecular complexity index is 432. The molecule has 0 aliphatic carbocycles. The molecular formula is C24H42O12Rh2. The molecule has 0 unspecified atom stereocenters. The summed E-state index contributed by atoms with van der Waals surface area (Å²) in [5.41, 5.74) is 0. The molecule has 0 saturated carbocycles. The van der Waals surface area contributed by atoms with Gasteiger partial charge in [0.2, 0.25) is 0 Å². The second-order valence-electron chi connectivity index (χ2n) is 6.73. The van der Waals surface area contributed by atoms with Crippen LogP contribution in [-0.4, -0.2) is 35.8 Å². The fraction of sp³-hybridized carbons (Fsp3) is 0.750. The number of hydrogen-bond acceptors (Lipinski definition) is 12. The first-order valence-corrected chi connectivity index (χ1v) is 11.8. The topological polar surface area (TPSA) is 241 Å². The minimum atomic E-state index is -0.961. The molecule has 12 nitrogen and oxygen atoms in total. The van der Waals surface area contributed by atoms with Crippen LogP contribution in [0, 0.1) is 0 Å². The summed E-state index contributed by atoms with van der Waals surface area (Å²) in [7, 11) is 0. The zero-order valence-corrected chi connectivity index (χ0v) is 26.3. The minimum absolute atomic E-state index is 0. The molecule has 0 amide bonds. The van der Waals surface area contributed by atoms with Gasteiger partial charge in [-0.3, -0.25) is 0 Å². The van der Waals surface area contributed by atoms with E-state index in [1.165, 1.54) is 0 Å². The molecular weight excluding hydrogens is 686 g/mol. The third-order valence-electron chi connectivity index (χ3n) is 2.72. The van der Waals surface area contributed by atoms with Gasteiger partial charge in [0, 0.05) is 35.8 Å². The molecule has 0 aromatic rings. The van der Waals surface area contributed by atoms with E-state index in [0.29, 0.717) is 38.5 Å². The Morgan fingerprint density at radius 3 is 0.395 bits per heavy atom. The van der Waals surface area contributed by atoms with Crippen LogP contribution in [0.25, 0.3) is 0 Å². The molecule has 0 aliphatic heterocycles. The van der Waals surface area contributed by atoms with Crippen LogP contribution in [0.5, 0.6) is 0 Å². The predicted octanol–water partition coefficient (Wildman–Crippen LogP) is -2.79. The summed E-state index contributed by atoms with van der Waals surface area (Å²) in [6, 6.07) is 0. The molecule has 0 fully saturated rings. The summed E-state index contributed by atoms with van der Waals surface area (Å²) in [6.07, 6.45) is 5.10. The van der Waals surface area contributed by atoms with Gasteiger partial charge in [-0.05, 0) is 38.5 Å². The van der Waals surface area contributed by atoms with Crippen molar-refractivity contribution in [1.29, 1.82) is 0 Å². The third-order valence-corrected chi connectivity index (χ3v) is 2.72. The normalized spacial score (nSPS) is 7.74. The number of carbonyl (C=O) groups excluding carboxylic acids is 6. The molecule has 0 aromatic carbocycles. The molecule has 0 rings (SSSR count). The van der Waals surface area contributed by atoms with Crippen LogP contribution in [0.3, 0.4) is 0 Å². The van der Waals surface area contributed by atoms with Crippen molar-refractivity contribution in [2.75, 3.05) is 0 Å². The number of aliphatic carboxylic acids is 6. The van der Waals surface area contributed by atoms with Crippen molar-refractivity contribution in [3.8, 4) is 0 Å². The SMILES string of the molecule is CCCC(=O)[O-].CCCC(=O)[O-].CCCC(=O)[O-].CCCC(=O)[O-].CCCC(=O)[O-].CCCC(=O)[O-].[Rh+3].[Rh+3]. The summed E-state index contributed by atoms with van der Waals surface area (Å²) >= 11 is 0. The van der Waals surface area contributed by atoms with Gasteiger partial charge in [-0.2, -0.15) is 0 Å². The van der Waals surface area contributed by atoms with Gasteiger partial charge >= 0.3 is 39.0 Å². The molecule has 0 N–H and O–H groups in total. The summed E-state index contributed by atoms with van der Waals surface area (Å²) in [6.45, 7) is 10.8. The Hall–Kier alpha value is -1.93. The molecule has 0 atom stereocenters. The fourth-order valence-corrected chi connectivity index (χ4v) is 1.22. The largest absolute Gasteiger partial charge is 3.00 e. The van der Waals surface area contributed by atoms with Gasteiger partial charge in [-0.25, -0.2) is 0 Å². The average Bonchev–Trinajstić information content (AvgIpc) is 2.69. The summed E-state index contributed by atoms with van der Waals surface area (Å²) in [5.74, 6) is -5.76. The fourth-order valence-electron chi connectivity index (χ4n) is 1.22. The second-order valence-corrected chi connectivity index (χ2v) is 6.73. The van der Waals surface area contributed by atoms with Crippen molar-refractivity contribution in [2.24, 2.45) is 0 Å². The summed E-state index contributed by atoms with van der Waals surface area (Å²) in [5, 5.41) is 56.9. The maximum Gasteiger partial charge on any atom is 3.00 e. The van der Waals surface area contributed by atoms with Gasteiger partial charge in [0.15, 0.2) is 0 Å². The summed E-state index contributed by atoms with van der Waals surface area (Å²) < 4.78 is 0. The molecule has 0 saturated heterocycles. The van der Waals surface area contributed by atoms with E-state index in [0.717, 1.165) is 0 Å². The van der Waals surface area contributed by atoms with E-state index in [9.17, 15) is 59.4 Å². The number of rotatable bonds is 12. The monoisotopic (exact) mass is 728 g/mol. The maximum absolute atomic E-state index is 9.49. The van der Waals surface area contributed by atoms with Gasteiger partial charge in [0.25, 0.3) is 0 Å². The predicted molar refractivity (Wildman–Crippen MR) is 119 cm³/mol. The van der Waals surface area contributed by atoms with E-state index in [1.54, 1.807) is 41.5 Å². The van der Waals surface area contributed by atoms with E-state index in [-0.39, 0.29) is 77.5 Å². The molecule has 0 bridgehead atoms. The Labute approximate surface area is 252 Å².